The normalized spacial score (nSPS) is 12.6. The molecule has 0 fully saturated rings. The van der Waals surface area contributed by atoms with Gasteiger partial charge in [-0.2, -0.15) is 0 Å². The first-order chi connectivity index (χ1) is 8.79. The molecule has 0 aliphatic carbocycles. The molecule has 0 bridgehead atoms. The number of aliphatic hydroxyl groups is 1. The molecule has 0 radical (unpaired) electrons. The molecular weight excluding hydrogens is 246 g/mol. The van der Waals surface area contributed by atoms with Crippen molar-refractivity contribution in [2.75, 3.05) is 6.61 Å². The molecule has 2 aromatic rings. The highest BCUT2D eigenvalue weighted by Gasteiger charge is 2.10. The summed E-state index contributed by atoms with van der Waals surface area (Å²) in [5.41, 5.74) is 1.85. The SMILES string of the molecule is CCOCc1nc(CC(O)c2ccccc2)cs1. The van der Waals surface area contributed by atoms with E-state index >= 15 is 0 Å². The van der Waals surface area contributed by atoms with Gasteiger partial charge in [0.15, 0.2) is 0 Å². The molecular formula is C14H17NO2S. The Hall–Kier alpha value is -1.23. The minimum Gasteiger partial charge on any atom is -0.388 e. The molecule has 1 aromatic carbocycles. The van der Waals surface area contributed by atoms with E-state index in [1.807, 2.05) is 42.6 Å². The van der Waals surface area contributed by atoms with E-state index < -0.39 is 6.10 Å². The van der Waals surface area contributed by atoms with Gasteiger partial charge in [-0.25, -0.2) is 4.98 Å². The molecule has 3 nitrogen and oxygen atoms in total. The highest BCUT2D eigenvalue weighted by atomic mass is 32.1. The van der Waals surface area contributed by atoms with Crippen LogP contribution in [0.1, 0.15) is 29.3 Å². The number of benzene rings is 1. The van der Waals surface area contributed by atoms with Gasteiger partial charge in [-0.05, 0) is 12.5 Å². The second-order valence-corrected chi connectivity index (χ2v) is 4.94. The Bertz CT molecular complexity index is 470. The van der Waals surface area contributed by atoms with Gasteiger partial charge in [0.25, 0.3) is 0 Å². The first kappa shape index (κ1) is 13.2. The zero-order valence-electron chi connectivity index (χ0n) is 10.4. The van der Waals surface area contributed by atoms with Crippen molar-refractivity contribution in [3.05, 3.63) is 52.0 Å². The van der Waals surface area contributed by atoms with Gasteiger partial charge in [-0.15, -0.1) is 11.3 Å². The minimum absolute atomic E-state index is 0.492. The fourth-order valence-corrected chi connectivity index (χ4v) is 2.43. The number of rotatable bonds is 6. The maximum absolute atomic E-state index is 10.1. The second kappa shape index (κ2) is 6.64. The number of thiazole rings is 1. The first-order valence-electron chi connectivity index (χ1n) is 6.03. The van der Waals surface area contributed by atoms with Crippen LogP contribution < -0.4 is 0 Å². The monoisotopic (exact) mass is 263 g/mol. The van der Waals surface area contributed by atoms with Crippen molar-refractivity contribution in [1.82, 2.24) is 4.98 Å². The van der Waals surface area contributed by atoms with Gasteiger partial charge in [0, 0.05) is 18.4 Å². The van der Waals surface area contributed by atoms with E-state index in [0.717, 1.165) is 16.3 Å². The Morgan fingerprint density at radius 1 is 1.33 bits per heavy atom. The Balaban J connectivity index is 1.95. The van der Waals surface area contributed by atoms with Crippen LogP contribution in [0.15, 0.2) is 35.7 Å². The molecule has 0 saturated carbocycles. The molecule has 2 rings (SSSR count). The number of hydrogen-bond donors (Lipinski definition) is 1. The van der Waals surface area contributed by atoms with Gasteiger partial charge >= 0.3 is 0 Å². The molecule has 1 atom stereocenters. The standard InChI is InChI=1S/C14H17NO2S/c1-2-17-9-14-15-12(10-18-14)8-13(16)11-6-4-3-5-7-11/h3-7,10,13,16H,2,8-9H2,1H3. The van der Waals surface area contributed by atoms with Crippen LogP contribution in [0.3, 0.4) is 0 Å². The average Bonchev–Trinajstić information content (AvgIpc) is 2.85. The number of aliphatic hydroxyl groups excluding tert-OH is 1. The fraction of sp³-hybridized carbons (Fsp3) is 0.357. The van der Waals surface area contributed by atoms with E-state index in [-0.39, 0.29) is 0 Å². The van der Waals surface area contributed by atoms with Crippen LogP contribution in [0.2, 0.25) is 0 Å². The molecule has 1 unspecified atom stereocenters. The van der Waals surface area contributed by atoms with E-state index in [2.05, 4.69) is 4.98 Å². The predicted octanol–water partition coefficient (Wildman–Crippen LogP) is 2.96. The lowest BCUT2D eigenvalue weighted by atomic mass is 10.1. The minimum atomic E-state index is -0.492. The van der Waals surface area contributed by atoms with Crippen molar-refractivity contribution in [3.63, 3.8) is 0 Å². The molecule has 0 amide bonds. The Kier molecular flexibility index (Phi) is 4.87. The van der Waals surface area contributed by atoms with Gasteiger partial charge in [-0.1, -0.05) is 30.3 Å². The lowest BCUT2D eigenvalue weighted by Gasteiger charge is -2.08. The lowest BCUT2D eigenvalue weighted by Crippen LogP contribution is -2.02. The third-order valence-corrected chi connectivity index (χ3v) is 3.49. The second-order valence-electron chi connectivity index (χ2n) is 4.00. The van der Waals surface area contributed by atoms with E-state index in [9.17, 15) is 5.11 Å². The summed E-state index contributed by atoms with van der Waals surface area (Å²) in [6.45, 7) is 3.22. The topological polar surface area (TPSA) is 42.4 Å². The zero-order chi connectivity index (χ0) is 12.8. The van der Waals surface area contributed by atoms with Crippen LogP contribution >= 0.6 is 11.3 Å². The summed E-state index contributed by atoms with van der Waals surface area (Å²) >= 11 is 1.58. The summed E-state index contributed by atoms with van der Waals surface area (Å²) in [5, 5.41) is 13.0. The van der Waals surface area contributed by atoms with Crippen molar-refractivity contribution in [1.29, 1.82) is 0 Å². The van der Waals surface area contributed by atoms with Gasteiger partial charge in [0.05, 0.1) is 18.4 Å². The van der Waals surface area contributed by atoms with Gasteiger partial charge in [0.2, 0.25) is 0 Å². The summed E-state index contributed by atoms with van der Waals surface area (Å²) in [6, 6.07) is 9.66. The van der Waals surface area contributed by atoms with Crippen molar-refractivity contribution in [2.24, 2.45) is 0 Å². The first-order valence-corrected chi connectivity index (χ1v) is 6.91. The van der Waals surface area contributed by atoms with E-state index in [1.54, 1.807) is 11.3 Å². The molecule has 0 spiro atoms. The third-order valence-electron chi connectivity index (χ3n) is 2.62. The largest absolute Gasteiger partial charge is 0.388 e. The molecule has 4 heteroatoms. The quantitative estimate of drug-likeness (QED) is 0.871. The van der Waals surface area contributed by atoms with Crippen LogP contribution in [0.25, 0.3) is 0 Å². The number of nitrogens with zero attached hydrogens (tertiary/aromatic N) is 1. The maximum Gasteiger partial charge on any atom is 0.119 e. The van der Waals surface area contributed by atoms with Crippen molar-refractivity contribution < 1.29 is 9.84 Å². The highest BCUT2D eigenvalue weighted by molar-refractivity contribution is 7.09. The predicted molar refractivity (Wildman–Crippen MR) is 72.5 cm³/mol. The average molecular weight is 263 g/mol. The third kappa shape index (κ3) is 3.63. The Labute approximate surface area is 111 Å². The van der Waals surface area contributed by atoms with E-state index in [0.29, 0.717) is 19.6 Å². The number of ether oxygens (including phenoxy) is 1. The highest BCUT2D eigenvalue weighted by Crippen LogP contribution is 2.19. The summed E-state index contributed by atoms with van der Waals surface area (Å²) in [7, 11) is 0. The zero-order valence-corrected chi connectivity index (χ0v) is 11.2. The molecule has 1 N–H and O–H groups in total. The summed E-state index contributed by atoms with van der Waals surface area (Å²) in [4.78, 5) is 4.45. The Morgan fingerprint density at radius 3 is 2.83 bits per heavy atom. The van der Waals surface area contributed by atoms with Gasteiger partial charge in [0.1, 0.15) is 5.01 Å². The van der Waals surface area contributed by atoms with Crippen LogP contribution in [-0.2, 0) is 17.8 Å². The molecule has 1 aromatic heterocycles. The van der Waals surface area contributed by atoms with Gasteiger partial charge in [-0.3, -0.25) is 0 Å². The van der Waals surface area contributed by atoms with Crippen LogP contribution in [-0.4, -0.2) is 16.7 Å². The molecule has 96 valence electrons. The molecule has 0 aliphatic heterocycles. The summed E-state index contributed by atoms with van der Waals surface area (Å²) in [5.74, 6) is 0. The lowest BCUT2D eigenvalue weighted by molar-refractivity contribution is 0.133. The molecule has 1 heterocycles. The van der Waals surface area contributed by atoms with E-state index in [4.69, 9.17) is 4.74 Å². The molecule has 0 saturated heterocycles. The van der Waals surface area contributed by atoms with Crippen molar-refractivity contribution in [3.8, 4) is 0 Å². The molecule has 18 heavy (non-hydrogen) atoms. The van der Waals surface area contributed by atoms with Crippen LogP contribution in [0.4, 0.5) is 0 Å². The number of aromatic nitrogens is 1. The summed E-state index contributed by atoms with van der Waals surface area (Å²) < 4.78 is 5.31. The van der Waals surface area contributed by atoms with Gasteiger partial charge < -0.3 is 9.84 Å². The van der Waals surface area contributed by atoms with E-state index in [1.165, 1.54) is 0 Å². The number of hydrogen-bond acceptors (Lipinski definition) is 4. The van der Waals surface area contributed by atoms with Crippen LogP contribution in [0.5, 0.6) is 0 Å². The maximum atomic E-state index is 10.1. The molecule has 0 aliphatic rings. The summed E-state index contributed by atoms with van der Waals surface area (Å²) in [6.07, 6.45) is 0.0559. The van der Waals surface area contributed by atoms with Crippen molar-refractivity contribution in [2.45, 2.75) is 26.1 Å². The Morgan fingerprint density at radius 2 is 2.11 bits per heavy atom. The van der Waals surface area contributed by atoms with Crippen molar-refractivity contribution >= 4 is 11.3 Å². The fourth-order valence-electron chi connectivity index (χ4n) is 1.69. The smallest absolute Gasteiger partial charge is 0.119 e. The van der Waals surface area contributed by atoms with Crippen LogP contribution in [0, 0.1) is 0 Å².